The third kappa shape index (κ3) is 3.49. The van der Waals surface area contributed by atoms with Crippen molar-refractivity contribution in [2.24, 2.45) is 0 Å². The van der Waals surface area contributed by atoms with Gasteiger partial charge in [0.15, 0.2) is 17.3 Å². The maximum Gasteiger partial charge on any atom is 0.307 e. The van der Waals surface area contributed by atoms with E-state index in [1.54, 1.807) is 48.5 Å². The minimum atomic E-state index is -0.928. The van der Waals surface area contributed by atoms with Crippen molar-refractivity contribution >= 4 is 17.6 Å². The lowest BCUT2D eigenvalue weighted by molar-refractivity contribution is -0.136. The molecule has 3 rings (SSSR count). The second-order valence-electron chi connectivity index (χ2n) is 4.87. The minimum absolute atomic E-state index is 0.104. The van der Waals surface area contributed by atoms with E-state index in [1.165, 1.54) is 6.26 Å². The summed E-state index contributed by atoms with van der Waals surface area (Å²) in [6.45, 7) is 0. The van der Waals surface area contributed by atoms with Crippen molar-refractivity contribution in [3.05, 3.63) is 66.1 Å². The normalized spacial score (nSPS) is 10.4. The van der Waals surface area contributed by atoms with Crippen LogP contribution < -0.4 is 5.32 Å². The molecule has 0 aliphatic rings. The largest absolute Gasteiger partial charge is 0.481 e. The molecule has 2 heterocycles. The summed E-state index contributed by atoms with van der Waals surface area (Å²) in [6.07, 6.45) is 1.42. The first kappa shape index (κ1) is 14.6. The second-order valence-corrected chi connectivity index (χ2v) is 4.87. The standard InChI is InChI=1S/C17H13NO5/c19-16(20)10-11-3-1-4-12(9-11)18-17(21)15-7-6-14(23-15)13-5-2-8-22-13/h1-9H,10H2,(H,18,21)(H,19,20). The summed E-state index contributed by atoms with van der Waals surface area (Å²) < 4.78 is 10.7. The second kappa shape index (κ2) is 6.23. The van der Waals surface area contributed by atoms with Crippen LogP contribution in [0.15, 0.2) is 63.6 Å². The monoisotopic (exact) mass is 311 g/mol. The SMILES string of the molecule is O=C(O)Cc1cccc(NC(=O)c2ccc(-c3ccco3)o2)c1. The molecule has 3 aromatic rings. The average molecular weight is 311 g/mol. The van der Waals surface area contributed by atoms with Gasteiger partial charge in [0.05, 0.1) is 12.7 Å². The van der Waals surface area contributed by atoms with Gasteiger partial charge in [-0.1, -0.05) is 12.1 Å². The highest BCUT2D eigenvalue weighted by molar-refractivity contribution is 6.02. The number of rotatable bonds is 5. The van der Waals surface area contributed by atoms with Crippen molar-refractivity contribution in [2.45, 2.75) is 6.42 Å². The molecule has 0 saturated carbocycles. The topological polar surface area (TPSA) is 92.7 Å². The Kier molecular flexibility index (Phi) is 3.97. The molecule has 0 unspecified atom stereocenters. The zero-order valence-corrected chi connectivity index (χ0v) is 12.0. The Morgan fingerprint density at radius 3 is 2.65 bits per heavy atom. The number of carbonyl (C=O) groups is 2. The summed E-state index contributed by atoms with van der Waals surface area (Å²) in [4.78, 5) is 22.9. The maximum atomic E-state index is 12.2. The van der Waals surface area contributed by atoms with Crippen LogP contribution in [-0.2, 0) is 11.2 Å². The van der Waals surface area contributed by atoms with Crippen LogP contribution in [-0.4, -0.2) is 17.0 Å². The van der Waals surface area contributed by atoms with Crippen LogP contribution in [0.25, 0.3) is 11.5 Å². The third-order valence-corrected chi connectivity index (χ3v) is 3.13. The van der Waals surface area contributed by atoms with Crippen molar-refractivity contribution in [2.75, 3.05) is 5.32 Å². The smallest absolute Gasteiger partial charge is 0.307 e. The summed E-state index contributed by atoms with van der Waals surface area (Å²) in [6, 6.07) is 13.3. The number of anilines is 1. The van der Waals surface area contributed by atoms with Crippen LogP contribution in [0.2, 0.25) is 0 Å². The molecule has 0 fully saturated rings. The Hall–Kier alpha value is -3.28. The van der Waals surface area contributed by atoms with Gasteiger partial charge in [0.1, 0.15) is 0 Å². The molecule has 6 heteroatoms. The fourth-order valence-corrected chi connectivity index (χ4v) is 2.14. The summed E-state index contributed by atoms with van der Waals surface area (Å²) in [5.41, 5.74) is 1.11. The van der Waals surface area contributed by atoms with E-state index in [4.69, 9.17) is 13.9 Å². The Balaban J connectivity index is 1.73. The number of carbonyl (C=O) groups excluding carboxylic acids is 1. The zero-order chi connectivity index (χ0) is 16.2. The van der Waals surface area contributed by atoms with Gasteiger partial charge in [-0.2, -0.15) is 0 Å². The molecule has 1 aromatic carbocycles. The van der Waals surface area contributed by atoms with Crippen molar-refractivity contribution in [1.82, 2.24) is 0 Å². The molecular formula is C17H13NO5. The first-order valence-electron chi connectivity index (χ1n) is 6.87. The van der Waals surface area contributed by atoms with E-state index in [2.05, 4.69) is 5.32 Å². The van der Waals surface area contributed by atoms with Crippen molar-refractivity contribution in [1.29, 1.82) is 0 Å². The molecule has 0 spiro atoms. The maximum absolute atomic E-state index is 12.2. The number of amides is 1. The number of hydrogen-bond acceptors (Lipinski definition) is 4. The molecule has 1 amide bonds. The van der Waals surface area contributed by atoms with Crippen LogP contribution in [0.1, 0.15) is 16.1 Å². The molecule has 0 aliphatic carbocycles. The number of carboxylic acids is 1. The van der Waals surface area contributed by atoms with Gasteiger partial charge in [0.25, 0.3) is 5.91 Å². The fourth-order valence-electron chi connectivity index (χ4n) is 2.14. The van der Waals surface area contributed by atoms with Crippen LogP contribution in [0.5, 0.6) is 0 Å². The van der Waals surface area contributed by atoms with Crippen LogP contribution in [0, 0.1) is 0 Å². The van der Waals surface area contributed by atoms with E-state index in [0.717, 1.165) is 0 Å². The number of nitrogens with one attached hydrogen (secondary N) is 1. The van der Waals surface area contributed by atoms with E-state index >= 15 is 0 Å². The van der Waals surface area contributed by atoms with E-state index in [-0.39, 0.29) is 12.2 Å². The van der Waals surface area contributed by atoms with Crippen LogP contribution >= 0.6 is 0 Å². The molecule has 2 aromatic heterocycles. The van der Waals surface area contributed by atoms with Crippen LogP contribution in [0.4, 0.5) is 5.69 Å². The Bertz CT molecular complexity index is 832. The van der Waals surface area contributed by atoms with Gasteiger partial charge in [0.2, 0.25) is 0 Å². The highest BCUT2D eigenvalue weighted by Crippen LogP contribution is 2.23. The quantitative estimate of drug-likeness (QED) is 0.753. The van der Waals surface area contributed by atoms with Gasteiger partial charge in [-0.3, -0.25) is 9.59 Å². The highest BCUT2D eigenvalue weighted by atomic mass is 16.4. The number of carboxylic acid groups (broad SMARTS) is 1. The van der Waals surface area contributed by atoms with Crippen LogP contribution in [0.3, 0.4) is 0 Å². The Morgan fingerprint density at radius 1 is 1.04 bits per heavy atom. The third-order valence-electron chi connectivity index (χ3n) is 3.13. The lowest BCUT2D eigenvalue weighted by Gasteiger charge is -2.05. The summed E-state index contributed by atoms with van der Waals surface area (Å²) in [7, 11) is 0. The van der Waals surface area contributed by atoms with Crippen molar-refractivity contribution < 1.29 is 23.5 Å². The fraction of sp³-hybridized carbons (Fsp3) is 0.0588. The van der Waals surface area contributed by atoms with Gasteiger partial charge in [-0.05, 0) is 42.0 Å². The summed E-state index contributed by atoms with van der Waals surface area (Å²) in [5, 5.41) is 11.5. The molecule has 0 bridgehead atoms. The van der Waals surface area contributed by atoms with Gasteiger partial charge in [-0.15, -0.1) is 0 Å². The molecule has 2 N–H and O–H groups in total. The lowest BCUT2D eigenvalue weighted by Crippen LogP contribution is -2.11. The van der Waals surface area contributed by atoms with E-state index < -0.39 is 11.9 Å². The lowest BCUT2D eigenvalue weighted by atomic mass is 10.1. The number of aliphatic carboxylic acids is 1. The van der Waals surface area contributed by atoms with Gasteiger partial charge >= 0.3 is 5.97 Å². The molecule has 0 atom stereocenters. The first-order chi connectivity index (χ1) is 11.1. The first-order valence-corrected chi connectivity index (χ1v) is 6.87. The summed E-state index contributed by atoms with van der Waals surface area (Å²) in [5.74, 6) is -0.217. The van der Waals surface area contributed by atoms with Gasteiger partial charge in [0, 0.05) is 5.69 Å². The number of hydrogen-bond donors (Lipinski definition) is 2. The van der Waals surface area contributed by atoms with Crippen molar-refractivity contribution in [3.63, 3.8) is 0 Å². The van der Waals surface area contributed by atoms with Crippen molar-refractivity contribution in [3.8, 4) is 11.5 Å². The number of benzene rings is 1. The Morgan fingerprint density at radius 2 is 1.91 bits per heavy atom. The van der Waals surface area contributed by atoms with E-state index in [0.29, 0.717) is 22.8 Å². The molecule has 116 valence electrons. The molecular weight excluding hydrogens is 298 g/mol. The molecule has 0 saturated heterocycles. The molecule has 0 aliphatic heterocycles. The van der Waals surface area contributed by atoms with Gasteiger partial charge in [-0.25, -0.2) is 0 Å². The van der Waals surface area contributed by atoms with E-state index in [1.807, 2.05) is 0 Å². The Labute approximate surface area is 131 Å². The predicted molar refractivity (Wildman–Crippen MR) is 82.1 cm³/mol. The highest BCUT2D eigenvalue weighted by Gasteiger charge is 2.14. The summed E-state index contributed by atoms with van der Waals surface area (Å²) >= 11 is 0. The average Bonchev–Trinajstić information content (AvgIpc) is 3.18. The predicted octanol–water partition coefficient (Wildman–Crippen LogP) is 3.42. The molecule has 23 heavy (non-hydrogen) atoms. The zero-order valence-electron chi connectivity index (χ0n) is 12.0. The molecule has 6 nitrogen and oxygen atoms in total. The van der Waals surface area contributed by atoms with E-state index in [9.17, 15) is 9.59 Å². The minimum Gasteiger partial charge on any atom is -0.481 e. The molecule has 0 radical (unpaired) electrons. The number of furan rings is 2. The van der Waals surface area contributed by atoms with Gasteiger partial charge < -0.3 is 19.3 Å².